The molecule has 0 heterocycles. The van der Waals surface area contributed by atoms with Crippen LogP contribution in [0.1, 0.15) is 29.2 Å². The van der Waals surface area contributed by atoms with E-state index in [2.05, 4.69) is 40.7 Å². The maximum atomic E-state index is 12.9. The summed E-state index contributed by atoms with van der Waals surface area (Å²) >= 11 is 0. The van der Waals surface area contributed by atoms with Crippen LogP contribution in [-0.4, -0.2) is 63.8 Å². The van der Waals surface area contributed by atoms with Gasteiger partial charge in [0.05, 0.1) is 24.7 Å². The summed E-state index contributed by atoms with van der Waals surface area (Å²) in [4.78, 5) is 53.0. The van der Waals surface area contributed by atoms with Gasteiger partial charge in [-0.3, -0.25) is 0 Å². The van der Waals surface area contributed by atoms with Gasteiger partial charge in [-0.2, -0.15) is 0 Å². The minimum Gasteiger partial charge on any atom is -0.394 e. The van der Waals surface area contributed by atoms with E-state index >= 15 is 0 Å². The highest BCUT2D eigenvalue weighted by Crippen LogP contribution is 2.52. The van der Waals surface area contributed by atoms with Crippen molar-refractivity contribution in [1.82, 2.24) is 0 Å². The zero-order valence-electron chi connectivity index (χ0n) is 23.7. The Balaban J connectivity index is 0.000000526. The van der Waals surface area contributed by atoms with Gasteiger partial charge in [0.25, 0.3) is 0 Å². The maximum Gasteiger partial charge on any atom is 0.334 e. The number of hydrogen-bond donors (Lipinski definition) is 9. The third kappa shape index (κ3) is 10.7. The topological polar surface area (TPSA) is 201 Å². The van der Waals surface area contributed by atoms with E-state index in [0.717, 1.165) is 22.3 Å². The Morgan fingerprint density at radius 3 is 1.11 bits per heavy atom. The van der Waals surface area contributed by atoms with Gasteiger partial charge < -0.3 is 49.2 Å². The van der Waals surface area contributed by atoms with Crippen LogP contribution in [0, 0.1) is 0 Å². The van der Waals surface area contributed by atoms with Crippen molar-refractivity contribution in [1.29, 1.82) is 0 Å². The van der Waals surface area contributed by atoms with Crippen molar-refractivity contribution in [2.45, 2.75) is 24.0 Å². The van der Waals surface area contributed by atoms with Gasteiger partial charge in [0.15, 0.2) is 0 Å². The van der Waals surface area contributed by atoms with E-state index < -0.39 is 42.9 Å². The molecule has 0 aliphatic rings. The van der Waals surface area contributed by atoms with Crippen LogP contribution in [0.2, 0.25) is 0 Å². The Morgan fingerprint density at radius 2 is 0.864 bits per heavy atom. The van der Waals surface area contributed by atoms with Crippen LogP contribution in [0.4, 0.5) is 0 Å². The molecule has 0 saturated heterocycles. The van der Waals surface area contributed by atoms with Crippen LogP contribution in [0.3, 0.4) is 0 Å². The first-order chi connectivity index (χ1) is 21.0. The molecule has 0 saturated carbocycles. The molecule has 0 radical (unpaired) electrons. The molecule has 4 aromatic rings. The standard InChI is InChI=1S/C30H30O3.H4O5P2.H3O3P/c1-24(22-31)33-23-29(32,25-14-6-2-7-15-25)30(26-16-8-3-9-17-26,27-18-10-4-11-19-27)28-20-12-5-13-21-28;1-6(2)5-7(3)4;1-4(2)3/h2-21,24,31-32H,22-23H2,1H3;1-4H;1-3H. The van der Waals surface area contributed by atoms with Gasteiger partial charge >= 0.3 is 25.8 Å². The summed E-state index contributed by atoms with van der Waals surface area (Å²) in [6, 6.07) is 40.0. The van der Waals surface area contributed by atoms with Crippen molar-refractivity contribution < 1.29 is 53.5 Å². The highest BCUT2D eigenvalue weighted by molar-refractivity contribution is 7.53. The Morgan fingerprint density at radius 1 is 0.568 bits per heavy atom. The lowest BCUT2D eigenvalue weighted by atomic mass is 9.57. The van der Waals surface area contributed by atoms with Crippen molar-refractivity contribution in [3.63, 3.8) is 0 Å². The van der Waals surface area contributed by atoms with Crippen molar-refractivity contribution >= 4 is 25.8 Å². The molecule has 11 nitrogen and oxygen atoms in total. The zero-order valence-corrected chi connectivity index (χ0v) is 26.4. The molecule has 0 fully saturated rings. The molecule has 44 heavy (non-hydrogen) atoms. The molecular formula is C30H37O11P3. The van der Waals surface area contributed by atoms with Gasteiger partial charge in [-0.25, -0.2) is 4.31 Å². The predicted octanol–water partition coefficient (Wildman–Crippen LogP) is 3.92. The van der Waals surface area contributed by atoms with E-state index in [0.29, 0.717) is 0 Å². The number of aliphatic hydroxyl groups excluding tert-OH is 1. The Bertz CT molecular complexity index is 1200. The molecule has 0 bridgehead atoms. The molecule has 2 unspecified atom stereocenters. The fraction of sp³-hybridized carbons (Fsp3) is 0.200. The number of ether oxygens (including phenoxy) is 1. The van der Waals surface area contributed by atoms with Gasteiger partial charge in [0.1, 0.15) is 5.60 Å². The fourth-order valence-corrected chi connectivity index (χ4v) is 5.31. The first-order valence-electron chi connectivity index (χ1n) is 13.1. The Kier molecular flexibility index (Phi) is 16.6. The molecule has 14 heteroatoms. The lowest BCUT2D eigenvalue weighted by Gasteiger charge is -2.49. The van der Waals surface area contributed by atoms with Crippen LogP contribution >= 0.6 is 25.8 Å². The quantitative estimate of drug-likeness (QED) is 0.0830. The molecular weight excluding hydrogens is 629 g/mol. The van der Waals surface area contributed by atoms with Crippen LogP contribution in [0.5, 0.6) is 0 Å². The van der Waals surface area contributed by atoms with Crippen LogP contribution in [0.15, 0.2) is 121 Å². The van der Waals surface area contributed by atoms with Gasteiger partial charge in [-0.15, -0.1) is 0 Å². The fourth-order valence-electron chi connectivity index (χ4n) is 4.78. The highest BCUT2D eigenvalue weighted by atomic mass is 31.2. The maximum absolute atomic E-state index is 12.9. The first-order valence-corrected chi connectivity index (χ1v) is 16.6. The molecule has 0 aliphatic heterocycles. The first kappa shape index (κ1) is 37.9. The van der Waals surface area contributed by atoms with Crippen LogP contribution < -0.4 is 0 Å². The summed E-state index contributed by atoms with van der Waals surface area (Å²) in [6.07, 6.45) is -0.416. The molecule has 238 valence electrons. The Labute approximate surface area is 259 Å². The average Bonchev–Trinajstić information content (AvgIpc) is 3.01. The van der Waals surface area contributed by atoms with E-state index in [1.54, 1.807) is 6.92 Å². The monoisotopic (exact) mass is 666 g/mol. The molecule has 4 aromatic carbocycles. The second kappa shape index (κ2) is 19.3. The van der Waals surface area contributed by atoms with E-state index in [4.69, 9.17) is 39.0 Å². The zero-order chi connectivity index (χ0) is 32.6. The largest absolute Gasteiger partial charge is 0.394 e. The van der Waals surface area contributed by atoms with Crippen LogP contribution in [-0.2, 0) is 20.1 Å². The molecule has 0 spiro atoms. The SMILES string of the molecule is CC(CO)OCC(O)(c1ccccc1)C(c1ccccc1)(c1ccccc1)c1ccccc1.OP(O)O.OP(O)OP(O)O. The lowest BCUT2D eigenvalue weighted by Crippen LogP contribution is -2.54. The molecule has 0 aromatic heterocycles. The number of hydrogen-bond acceptors (Lipinski definition) is 11. The number of aliphatic hydroxyl groups is 2. The van der Waals surface area contributed by atoms with Gasteiger partial charge in [-0.1, -0.05) is 121 Å². The number of benzene rings is 4. The van der Waals surface area contributed by atoms with Crippen molar-refractivity contribution in [2.75, 3.05) is 13.2 Å². The average molecular weight is 667 g/mol. The lowest BCUT2D eigenvalue weighted by molar-refractivity contribution is -0.109. The summed E-state index contributed by atoms with van der Waals surface area (Å²) in [5.74, 6) is 0. The summed E-state index contributed by atoms with van der Waals surface area (Å²) in [6.45, 7) is 1.68. The van der Waals surface area contributed by atoms with Crippen LogP contribution in [0.25, 0.3) is 0 Å². The third-order valence-corrected chi connectivity index (χ3v) is 7.64. The number of rotatable bonds is 11. The summed E-state index contributed by atoms with van der Waals surface area (Å²) in [7, 11) is -7.84. The van der Waals surface area contributed by atoms with Gasteiger partial charge in [-0.05, 0) is 29.2 Å². The van der Waals surface area contributed by atoms with Gasteiger partial charge in [0, 0.05) is 0 Å². The second-order valence-corrected chi connectivity index (χ2v) is 11.4. The van der Waals surface area contributed by atoms with Gasteiger partial charge in [0.2, 0.25) is 0 Å². The molecule has 9 N–H and O–H groups in total. The predicted molar refractivity (Wildman–Crippen MR) is 169 cm³/mol. The van der Waals surface area contributed by atoms with Crippen molar-refractivity contribution in [3.8, 4) is 0 Å². The highest BCUT2D eigenvalue weighted by Gasteiger charge is 2.55. The smallest absolute Gasteiger partial charge is 0.334 e. The summed E-state index contributed by atoms with van der Waals surface area (Å²) < 4.78 is 9.68. The van der Waals surface area contributed by atoms with Crippen molar-refractivity contribution in [3.05, 3.63) is 144 Å². The van der Waals surface area contributed by atoms with E-state index in [9.17, 15) is 10.2 Å². The second-order valence-electron chi connectivity index (χ2n) is 9.23. The molecule has 2 atom stereocenters. The van der Waals surface area contributed by atoms with E-state index in [-0.39, 0.29) is 13.2 Å². The van der Waals surface area contributed by atoms with E-state index in [1.165, 1.54) is 0 Å². The van der Waals surface area contributed by atoms with Crippen molar-refractivity contribution in [2.24, 2.45) is 0 Å². The Hall–Kier alpha value is -2.27. The molecule has 4 rings (SSSR count). The minimum absolute atomic E-state index is 0.00256. The minimum atomic E-state index is -2.62. The van der Waals surface area contributed by atoms with E-state index in [1.807, 2.05) is 84.9 Å². The molecule has 0 aliphatic carbocycles. The normalized spacial score (nSPS) is 13.4. The summed E-state index contributed by atoms with van der Waals surface area (Å²) in [5.41, 5.74) is 1.14. The third-order valence-electron chi connectivity index (χ3n) is 6.47. The molecule has 0 amide bonds. The summed E-state index contributed by atoms with van der Waals surface area (Å²) in [5, 5.41) is 22.5.